The van der Waals surface area contributed by atoms with Crippen molar-refractivity contribution in [2.45, 2.75) is 0 Å². The number of hydrogen-bond acceptors (Lipinski definition) is 5. The fourth-order valence-corrected chi connectivity index (χ4v) is 1.80. The zero-order valence-corrected chi connectivity index (χ0v) is 9.71. The van der Waals surface area contributed by atoms with Gasteiger partial charge in [-0.25, -0.2) is 4.79 Å². The smallest absolute Gasteiger partial charge is 0.330 e. The largest absolute Gasteiger partial charge is 0.393 e. The molecule has 0 fully saturated rings. The topological polar surface area (TPSA) is 113 Å². The number of aromatic nitrogens is 2. The predicted molar refractivity (Wildman–Crippen MR) is 65.5 cm³/mol. The lowest BCUT2D eigenvalue weighted by Gasteiger charge is -2.08. The van der Waals surface area contributed by atoms with Gasteiger partial charge in [-0.15, -0.1) is 0 Å². The molecule has 0 spiro atoms. The molecular weight excluding hydrogens is 240 g/mol. The van der Waals surface area contributed by atoms with Gasteiger partial charge in [0.2, 0.25) is 0 Å². The summed E-state index contributed by atoms with van der Waals surface area (Å²) < 4.78 is 2.11. The number of fused-ring (bicyclic) bond motifs is 1. The summed E-state index contributed by atoms with van der Waals surface area (Å²) in [4.78, 5) is 33.7. The number of nitrogens with two attached hydrogens (primary N) is 1. The number of anilines is 1. The number of nitrogens with zero attached hydrogens (tertiary/aromatic N) is 3. The van der Waals surface area contributed by atoms with Crippen LogP contribution in [0.4, 0.5) is 11.4 Å². The molecule has 0 aliphatic rings. The Bertz CT molecular complexity index is 787. The molecule has 0 bridgehead atoms. The van der Waals surface area contributed by atoms with Crippen LogP contribution in [0.15, 0.2) is 21.7 Å². The Hall–Kier alpha value is -2.64. The average molecular weight is 250 g/mol. The van der Waals surface area contributed by atoms with E-state index in [0.717, 1.165) is 10.6 Å². The van der Waals surface area contributed by atoms with Crippen LogP contribution in [0.1, 0.15) is 0 Å². The maximum absolute atomic E-state index is 11.9. The van der Waals surface area contributed by atoms with Gasteiger partial charge in [-0.1, -0.05) is 0 Å². The van der Waals surface area contributed by atoms with Crippen LogP contribution in [0.5, 0.6) is 0 Å². The Morgan fingerprint density at radius 3 is 2.39 bits per heavy atom. The highest BCUT2D eigenvalue weighted by molar-refractivity contribution is 5.86. The summed E-state index contributed by atoms with van der Waals surface area (Å²) in [6, 6.07) is 2.35. The molecule has 1 heterocycles. The average Bonchev–Trinajstić information content (AvgIpc) is 2.33. The summed E-state index contributed by atoms with van der Waals surface area (Å²) >= 11 is 0. The van der Waals surface area contributed by atoms with Crippen molar-refractivity contribution in [1.82, 2.24) is 9.13 Å². The second-order valence-corrected chi connectivity index (χ2v) is 3.89. The van der Waals surface area contributed by atoms with Crippen molar-refractivity contribution in [2.24, 2.45) is 14.1 Å². The van der Waals surface area contributed by atoms with Gasteiger partial charge >= 0.3 is 5.69 Å². The van der Waals surface area contributed by atoms with Gasteiger partial charge in [0.25, 0.3) is 11.2 Å². The SMILES string of the molecule is Cn1c(=O)c2cc([N+](=O)[O-])c(N)cc2n(C)c1=O. The van der Waals surface area contributed by atoms with E-state index < -0.39 is 16.2 Å². The normalized spacial score (nSPS) is 10.8. The summed E-state index contributed by atoms with van der Waals surface area (Å²) in [7, 11) is 2.78. The third kappa shape index (κ3) is 1.46. The summed E-state index contributed by atoms with van der Waals surface area (Å²) in [5.74, 6) is 0. The minimum Gasteiger partial charge on any atom is -0.393 e. The molecule has 8 heteroatoms. The first-order valence-corrected chi connectivity index (χ1v) is 4.98. The Morgan fingerprint density at radius 1 is 1.22 bits per heavy atom. The van der Waals surface area contributed by atoms with Crippen molar-refractivity contribution in [3.8, 4) is 0 Å². The van der Waals surface area contributed by atoms with E-state index in [-0.39, 0.29) is 22.3 Å². The van der Waals surface area contributed by atoms with E-state index in [1.54, 1.807) is 0 Å². The maximum atomic E-state index is 11.9. The second kappa shape index (κ2) is 3.69. The minimum atomic E-state index is -0.667. The molecule has 94 valence electrons. The molecule has 0 aliphatic heterocycles. The zero-order valence-electron chi connectivity index (χ0n) is 9.71. The maximum Gasteiger partial charge on any atom is 0.330 e. The van der Waals surface area contributed by atoms with Crippen LogP contribution in [0.3, 0.4) is 0 Å². The Kier molecular flexibility index (Phi) is 2.43. The van der Waals surface area contributed by atoms with E-state index in [9.17, 15) is 19.7 Å². The third-order valence-electron chi connectivity index (χ3n) is 2.81. The molecule has 2 aromatic rings. The molecule has 0 atom stereocenters. The van der Waals surface area contributed by atoms with Crippen molar-refractivity contribution >= 4 is 22.3 Å². The van der Waals surface area contributed by atoms with Crippen LogP contribution in [0.25, 0.3) is 10.9 Å². The molecule has 0 radical (unpaired) electrons. The Morgan fingerprint density at radius 2 is 1.83 bits per heavy atom. The molecule has 0 unspecified atom stereocenters. The van der Waals surface area contributed by atoms with Gasteiger partial charge in [0.15, 0.2) is 0 Å². The first kappa shape index (κ1) is 11.8. The van der Waals surface area contributed by atoms with Crippen LogP contribution in [0, 0.1) is 10.1 Å². The lowest BCUT2D eigenvalue weighted by molar-refractivity contribution is -0.383. The highest BCUT2D eigenvalue weighted by atomic mass is 16.6. The number of nitrogen functional groups attached to an aromatic ring is 1. The van der Waals surface area contributed by atoms with Gasteiger partial charge < -0.3 is 5.73 Å². The summed E-state index contributed by atoms with van der Waals surface area (Å²) in [6.45, 7) is 0. The molecule has 0 amide bonds. The molecule has 18 heavy (non-hydrogen) atoms. The number of aryl methyl sites for hydroxylation is 1. The number of rotatable bonds is 1. The fraction of sp³-hybridized carbons (Fsp3) is 0.200. The standard InChI is InChI=1S/C10H10N4O4/c1-12-7-4-6(11)8(14(17)18)3-5(7)9(15)13(2)10(12)16/h3-4H,11H2,1-2H3. The van der Waals surface area contributed by atoms with Gasteiger partial charge in [0.1, 0.15) is 5.69 Å². The molecule has 2 rings (SSSR count). The van der Waals surface area contributed by atoms with Crippen LogP contribution in [-0.2, 0) is 14.1 Å². The van der Waals surface area contributed by atoms with Crippen molar-refractivity contribution in [2.75, 3.05) is 5.73 Å². The molecule has 0 saturated carbocycles. The highest BCUT2D eigenvalue weighted by Gasteiger charge is 2.17. The summed E-state index contributed by atoms with van der Waals surface area (Å²) in [6.07, 6.45) is 0. The monoisotopic (exact) mass is 250 g/mol. The predicted octanol–water partition coefficient (Wildman–Crippen LogP) is -0.272. The quantitative estimate of drug-likeness (QED) is 0.425. The fourth-order valence-electron chi connectivity index (χ4n) is 1.80. The van der Waals surface area contributed by atoms with E-state index in [4.69, 9.17) is 5.73 Å². The Labute approximate surface area is 100 Å². The third-order valence-corrected chi connectivity index (χ3v) is 2.81. The molecule has 0 aliphatic carbocycles. The number of nitro benzene ring substituents is 1. The lowest BCUT2D eigenvalue weighted by Crippen LogP contribution is -2.37. The van der Waals surface area contributed by atoms with Crippen molar-refractivity contribution in [3.05, 3.63) is 43.1 Å². The van der Waals surface area contributed by atoms with Gasteiger partial charge in [-0.3, -0.25) is 24.0 Å². The van der Waals surface area contributed by atoms with Crippen molar-refractivity contribution in [3.63, 3.8) is 0 Å². The van der Waals surface area contributed by atoms with Crippen molar-refractivity contribution < 1.29 is 4.92 Å². The van der Waals surface area contributed by atoms with Crippen LogP contribution < -0.4 is 17.0 Å². The van der Waals surface area contributed by atoms with E-state index in [1.807, 2.05) is 0 Å². The van der Waals surface area contributed by atoms with Gasteiger partial charge in [0, 0.05) is 20.2 Å². The zero-order chi connectivity index (χ0) is 13.6. The Balaban J connectivity index is 3.09. The molecule has 1 aromatic carbocycles. The summed E-state index contributed by atoms with van der Waals surface area (Å²) in [5, 5.41) is 10.8. The van der Waals surface area contributed by atoms with E-state index >= 15 is 0 Å². The molecule has 1 aromatic heterocycles. The van der Waals surface area contributed by atoms with Crippen LogP contribution in [-0.4, -0.2) is 14.1 Å². The number of hydrogen-bond donors (Lipinski definition) is 1. The van der Waals surface area contributed by atoms with E-state index in [0.29, 0.717) is 0 Å². The summed E-state index contributed by atoms with van der Waals surface area (Å²) in [5.41, 5.74) is 4.26. The second-order valence-electron chi connectivity index (χ2n) is 3.89. The van der Waals surface area contributed by atoms with Crippen LogP contribution >= 0.6 is 0 Å². The highest BCUT2D eigenvalue weighted by Crippen LogP contribution is 2.25. The van der Waals surface area contributed by atoms with E-state index in [1.165, 1.54) is 24.7 Å². The molecule has 0 saturated heterocycles. The molecule has 2 N–H and O–H groups in total. The van der Waals surface area contributed by atoms with Gasteiger partial charge in [-0.2, -0.15) is 0 Å². The molecule has 8 nitrogen and oxygen atoms in total. The van der Waals surface area contributed by atoms with Gasteiger partial charge in [-0.05, 0) is 6.07 Å². The lowest BCUT2D eigenvalue weighted by atomic mass is 10.2. The first-order valence-electron chi connectivity index (χ1n) is 4.98. The number of nitro groups is 1. The van der Waals surface area contributed by atoms with Crippen LogP contribution in [0.2, 0.25) is 0 Å². The van der Waals surface area contributed by atoms with Gasteiger partial charge in [0.05, 0.1) is 15.8 Å². The van der Waals surface area contributed by atoms with Crippen molar-refractivity contribution in [1.29, 1.82) is 0 Å². The first-order chi connectivity index (χ1) is 8.34. The van der Waals surface area contributed by atoms with E-state index in [2.05, 4.69) is 0 Å². The molecular formula is C10H10N4O4. The number of benzene rings is 1. The minimum absolute atomic E-state index is 0.0838.